The Balaban J connectivity index is 1.28. The Morgan fingerprint density at radius 2 is 1.88 bits per heavy atom. The Kier molecular flexibility index (Phi) is 7.35. The molecule has 2 aromatic heterocycles. The smallest absolute Gasteiger partial charge is 0.242 e. The molecule has 180 valence electrons. The zero-order chi connectivity index (χ0) is 24.1. The number of aromatic nitrogens is 3. The summed E-state index contributed by atoms with van der Waals surface area (Å²) < 4.78 is 31.7. The van der Waals surface area contributed by atoms with Crippen molar-refractivity contribution in [2.75, 3.05) is 33.7 Å². The van der Waals surface area contributed by atoms with Crippen molar-refractivity contribution < 1.29 is 17.7 Å². The summed E-state index contributed by atoms with van der Waals surface area (Å²) in [5.74, 6) is 1.08. The van der Waals surface area contributed by atoms with Crippen LogP contribution in [0.3, 0.4) is 0 Å². The zero-order valence-electron chi connectivity index (χ0n) is 19.2. The monoisotopic (exact) mass is 484 g/mol. The molecule has 3 heterocycles. The van der Waals surface area contributed by atoms with Crippen LogP contribution >= 0.6 is 0 Å². The van der Waals surface area contributed by atoms with Gasteiger partial charge in [0.05, 0.1) is 11.4 Å². The van der Waals surface area contributed by atoms with Crippen molar-refractivity contribution in [3.63, 3.8) is 0 Å². The highest BCUT2D eigenvalue weighted by atomic mass is 32.2. The third-order valence-electron chi connectivity index (χ3n) is 5.85. The molecule has 0 aliphatic carbocycles. The highest BCUT2D eigenvalue weighted by Gasteiger charge is 2.27. The summed E-state index contributed by atoms with van der Waals surface area (Å²) in [4.78, 5) is 23.6. The SMILES string of the molecule is CN(C)S(=O)(=O)c1ccccc1CNC(=O)CN1CCC(c2nc(-c3ccccn3)no2)CC1. The molecule has 10 nitrogen and oxygen atoms in total. The van der Waals surface area contributed by atoms with Gasteiger partial charge in [0.1, 0.15) is 5.69 Å². The van der Waals surface area contributed by atoms with Gasteiger partial charge in [-0.1, -0.05) is 29.4 Å². The van der Waals surface area contributed by atoms with Crippen molar-refractivity contribution in [1.29, 1.82) is 0 Å². The van der Waals surface area contributed by atoms with E-state index in [1.807, 2.05) is 18.2 Å². The number of benzene rings is 1. The molecule has 1 saturated heterocycles. The quantitative estimate of drug-likeness (QED) is 0.514. The maximum Gasteiger partial charge on any atom is 0.242 e. The van der Waals surface area contributed by atoms with Crippen molar-refractivity contribution in [2.45, 2.75) is 30.2 Å². The van der Waals surface area contributed by atoms with Crippen molar-refractivity contribution in [3.05, 3.63) is 60.1 Å². The van der Waals surface area contributed by atoms with E-state index in [0.29, 0.717) is 23.0 Å². The van der Waals surface area contributed by atoms with Crippen molar-refractivity contribution in [2.24, 2.45) is 0 Å². The van der Waals surface area contributed by atoms with Gasteiger partial charge in [0.15, 0.2) is 0 Å². The van der Waals surface area contributed by atoms with Crippen LogP contribution in [0, 0.1) is 0 Å². The fraction of sp³-hybridized carbons (Fsp3) is 0.391. The number of sulfonamides is 1. The summed E-state index contributed by atoms with van der Waals surface area (Å²) in [6.07, 6.45) is 3.30. The van der Waals surface area contributed by atoms with Gasteiger partial charge in [0.2, 0.25) is 27.6 Å². The lowest BCUT2D eigenvalue weighted by Gasteiger charge is -2.29. The Hall–Kier alpha value is -3.15. The molecule has 0 bridgehead atoms. The Morgan fingerprint density at radius 3 is 2.59 bits per heavy atom. The number of hydrogen-bond acceptors (Lipinski definition) is 8. The average molecular weight is 485 g/mol. The average Bonchev–Trinajstić information content (AvgIpc) is 3.34. The number of rotatable bonds is 8. The first-order chi connectivity index (χ1) is 16.3. The highest BCUT2D eigenvalue weighted by Crippen LogP contribution is 2.28. The van der Waals surface area contributed by atoms with Crippen LogP contribution in [0.2, 0.25) is 0 Å². The summed E-state index contributed by atoms with van der Waals surface area (Å²) in [5.41, 5.74) is 1.23. The third kappa shape index (κ3) is 5.49. The normalized spacial score (nSPS) is 15.5. The van der Waals surface area contributed by atoms with Crippen LogP contribution in [0.15, 0.2) is 58.1 Å². The number of carbonyl (C=O) groups excluding carboxylic acids is 1. The molecule has 1 amide bonds. The Labute approximate surface area is 199 Å². The topological polar surface area (TPSA) is 122 Å². The zero-order valence-corrected chi connectivity index (χ0v) is 20.0. The van der Waals surface area contributed by atoms with Gasteiger partial charge < -0.3 is 9.84 Å². The van der Waals surface area contributed by atoms with Crippen LogP contribution in [0.4, 0.5) is 0 Å². The molecule has 34 heavy (non-hydrogen) atoms. The molecule has 1 aliphatic rings. The van der Waals surface area contributed by atoms with Crippen molar-refractivity contribution >= 4 is 15.9 Å². The molecule has 0 spiro atoms. The molecular weight excluding hydrogens is 456 g/mol. The molecule has 1 fully saturated rings. The minimum Gasteiger partial charge on any atom is -0.351 e. The number of nitrogens with zero attached hydrogens (tertiary/aromatic N) is 5. The Morgan fingerprint density at radius 1 is 1.15 bits per heavy atom. The maximum absolute atomic E-state index is 12.5. The summed E-state index contributed by atoms with van der Waals surface area (Å²) in [5, 5.41) is 6.90. The fourth-order valence-electron chi connectivity index (χ4n) is 3.89. The lowest BCUT2D eigenvalue weighted by Crippen LogP contribution is -2.41. The summed E-state index contributed by atoms with van der Waals surface area (Å²) in [6, 6.07) is 12.3. The molecule has 1 aliphatic heterocycles. The number of likely N-dealkylation sites (tertiary alicyclic amines) is 1. The number of piperidine rings is 1. The van der Waals surface area contributed by atoms with E-state index in [9.17, 15) is 13.2 Å². The molecule has 11 heteroatoms. The van der Waals surface area contributed by atoms with Gasteiger partial charge in [-0.15, -0.1) is 0 Å². The van der Waals surface area contributed by atoms with Crippen molar-refractivity contribution in [1.82, 2.24) is 29.6 Å². The Bertz CT molecular complexity index is 1220. The van der Waals surface area contributed by atoms with E-state index in [1.165, 1.54) is 18.4 Å². The van der Waals surface area contributed by atoms with Gasteiger partial charge in [-0.3, -0.25) is 14.7 Å². The molecule has 3 aromatic rings. The van der Waals surface area contributed by atoms with E-state index >= 15 is 0 Å². The van der Waals surface area contributed by atoms with Gasteiger partial charge in [-0.25, -0.2) is 12.7 Å². The van der Waals surface area contributed by atoms with Crippen LogP contribution in [0.25, 0.3) is 11.5 Å². The molecule has 0 atom stereocenters. The van der Waals surface area contributed by atoms with Gasteiger partial charge >= 0.3 is 0 Å². The van der Waals surface area contributed by atoms with Gasteiger partial charge in [0, 0.05) is 32.8 Å². The van der Waals surface area contributed by atoms with Gasteiger partial charge in [-0.05, 0) is 49.7 Å². The minimum atomic E-state index is -3.58. The number of nitrogens with one attached hydrogen (secondary N) is 1. The van der Waals surface area contributed by atoms with E-state index in [0.717, 1.165) is 25.9 Å². The summed E-state index contributed by atoms with van der Waals surface area (Å²) in [7, 11) is -0.607. The molecule has 0 unspecified atom stereocenters. The second-order valence-electron chi connectivity index (χ2n) is 8.39. The molecule has 4 rings (SSSR count). The van der Waals surface area contributed by atoms with Crippen LogP contribution < -0.4 is 5.32 Å². The lowest BCUT2D eigenvalue weighted by atomic mass is 9.97. The predicted molar refractivity (Wildman–Crippen MR) is 125 cm³/mol. The minimum absolute atomic E-state index is 0.146. The van der Waals surface area contributed by atoms with Crippen LogP contribution in [0.1, 0.15) is 30.2 Å². The predicted octanol–water partition coefficient (Wildman–Crippen LogP) is 1.88. The van der Waals surface area contributed by atoms with E-state index in [2.05, 4.69) is 25.3 Å². The lowest BCUT2D eigenvalue weighted by molar-refractivity contribution is -0.122. The number of amides is 1. The largest absolute Gasteiger partial charge is 0.351 e. The molecule has 0 saturated carbocycles. The first-order valence-corrected chi connectivity index (χ1v) is 12.5. The van der Waals surface area contributed by atoms with Crippen LogP contribution in [-0.4, -0.2) is 72.4 Å². The van der Waals surface area contributed by atoms with Crippen molar-refractivity contribution in [3.8, 4) is 11.5 Å². The summed E-state index contributed by atoms with van der Waals surface area (Å²) >= 11 is 0. The molecule has 0 radical (unpaired) electrons. The van der Waals surface area contributed by atoms with Crippen LogP contribution in [-0.2, 0) is 21.4 Å². The second-order valence-corrected chi connectivity index (χ2v) is 10.5. The highest BCUT2D eigenvalue weighted by molar-refractivity contribution is 7.89. The van der Waals surface area contributed by atoms with Gasteiger partial charge in [0.25, 0.3) is 0 Å². The van der Waals surface area contributed by atoms with E-state index in [1.54, 1.807) is 30.5 Å². The van der Waals surface area contributed by atoms with Crippen LogP contribution in [0.5, 0.6) is 0 Å². The third-order valence-corrected chi connectivity index (χ3v) is 7.76. The van der Waals surface area contributed by atoms with E-state index in [4.69, 9.17) is 4.52 Å². The molecule has 1 aromatic carbocycles. The number of hydrogen-bond donors (Lipinski definition) is 1. The summed E-state index contributed by atoms with van der Waals surface area (Å²) in [6.45, 7) is 1.85. The first kappa shape index (κ1) is 24.0. The number of carbonyl (C=O) groups is 1. The maximum atomic E-state index is 12.5. The van der Waals surface area contributed by atoms with Gasteiger partial charge in [-0.2, -0.15) is 4.98 Å². The van der Waals surface area contributed by atoms with E-state index < -0.39 is 10.0 Å². The number of pyridine rings is 1. The first-order valence-electron chi connectivity index (χ1n) is 11.1. The van der Waals surface area contributed by atoms with E-state index in [-0.39, 0.29) is 29.8 Å². The second kappa shape index (κ2) is 10.4. The fourth-order valence-corrected chi connectivity index (χ4v) is 5.00. The molecular formula is C23H28N6O4S. The standard InChI is InChI=1S/C23H28N6O4S/c1-28(2)34(31,32)20-9-4-3-7-18(20)15-25-21(30)16-29-13-10-17(11-14-29)23-26-22(27-33-23)19-8-5-6-12-24-19/h3-9,12,17H,10-11,13-16H2,1-2H3,(H,25,30). The molecule has 1 N–H and O–H groups in total.